The van der Waals surface area contributed by atoms with Crippen molar-refractivity contribution in [3.63, 3.8) is 0 Å². The van der Waals surface area contributed by atoms with Crippen LogP contribution in [0.2, 0.25) is 0 Å². The van der Waals surface area contributed by atoms with E-state index >= 15 is 0 Å². The number of pyridine rings is 1. The van der Waals surface area contributed by atoms with Crippen LogP contribution in [0.3, 0.4) is 0 Å². The minimum atomic E-state index is 0.427. The fourth-order valence-electron chi connectivity index (χ4n) is 1.63. The SMILES string of the molecule is CCc1ccc(Oc2ccnc(N)c2)c(OC)c1. The van der Waals surface area contributed by atoms with Crippen molar-refractivity contribution in [2.75, 3.05) is 12.8 Å². The molecule has 0 saturated heterocycles. The first kappa shape index (κ1) is 12.2. The molecule has 4 nitrogen and oxygen atoms in total. The molecule has 2 N–H and O–H groups in total. The highest BCUT2D eigenvalue weighted by Crippen LogP contribution is 2.32. The molecule has 1 aromatic carbocycles. The van der Waals surface area contributed by atoms with E-state index in [2.05, 4.69) is 11.9 Å². The molecule has 0 aliphatic rings. The van der Waals surface area contributed by atoms with Gasteiger partial charge in [0.2, 0.25) is 0 Å². The lowest BCUT2D eigenvalue weighted by molar-refractivity contribution is 0.378. The van der Waals surface area contributed by atoms with Crippen LogP contribution in [0.5, 0.6) is 17.2 Å². The molecule has 2 aromatic rings. The fourth-order valence-corrected chi connectivity index (χ4v) is 1.63. The monoisotopic (exact) mass is 244 g/mol. The number of nitrogen functional groups attached to an aromatic ring is 1. The van der Waals surface area contributed by atoms with Gasteiger partial charge in [-0.1, -0.05) is 13.0 Å². The number of nitrogens with two attached hydrogens (primary N) is 1. The maximum Gasteiger partial charge on any atom is 0.169 e. The summed E-state index contributed by atoms with van der Waals surface area (Å²) in [4.78, 5) is 3.92. The van der Waals surface area contributed by atoms with Crippen molar-refractivity contribution in [1.29, 1.82) is 0 Å². The van der Waals surface area contributed by atoms with Gasteiger partial charge in [-0.15, -0.1) is 0 Å². The number of methoxy groups -OCH3 is 1. The van der Waals surface area contributed by atoms with E-state index in [9.17, 15) is 0 Å². The summed E-state index contributed by atoms with van der Waals surface area (Å²) >= 11 is 0. The van der Waals surface area contributed by atoms with Gasteiger partial charge in [-0.2, -0.15) is 0 Å². The molecule has 2 rings (SSSR count). The molecule has 1 heterocycles. The molecule has 0 unspecified atom stereocenters. The third-order valence-corrected chi connectivity index (χ3v) is 2.62. The minimum Gasteiger partial charge on any atom is -0.493 e. The van der Waals surface area contributed by atoms with Crippen molar-refractivity contribution in [1.82, 2.24) is 4.98 Å². The number of aromatic nitrogens is 1. The van der Waals surface area contributed by atoms with Crippen molar-refractivity contribution in [2.24, 2.45) is 0 Å². The largest absolute Gasteiger partial charge is 0.493 e. The van der Waals surface area contributed by atoms with Crippen molar-refractivity contribution in [3.05, 3.63) is 42.1 Å². The molecule has 18 heavy (non-hydrogen) atoms. The summed E-state index contributed by atoms with van der Waals surface area (Å²) in [5.41, 5.74) is 6.81. The lowest BCUT2D eigenvalue weighted by atomic mass is 10.1. The zero-order valence-corrected chi connectivity index (χ0v) is 10.5. The van der Waals surface area contributed by atoms with Crippen LogP contribution in [0.1, 0.15) is 12.5 Å². The molecule has 0 saturated carbocycles. The van der Waals surface area contributed by atoms with E-state index in [1.807, 2.05) is 18.2 Å². The van der Waals surface area contributed by atoms with E-state index in [4.69, 9.17) is 15.2 Å². The molecule has 0 radical (unpaired) electrons. The Morgan fingerprint density at radius 2 is 2.00 bits per heavy atom. The van der Waals surface area contributed by atoms with Gasteiger partial charge < -0.3 is 15.2 Å². The van der Waals surface area contributed by atoms with Crippen LogP contribution in [0.15, 0.2) is 36.5 Å². The molecule has 0 aliphatic carbocycles. The Balaban J connectivity index is 2.28. The number of benzene rings is 1. The van der Waals surface area contributed by atoms with Crippen LogP contribution in [-0.4, -0.2) is 12.1 Å². The summed E-state index contributed by atoms with van der Waals surface area (Å²) in [6.45, 7) is 2.10. The number of anilines is 1. The number of ether oxygens (including phenoxy) is 2. The number of aryl methyl sites for hydroxylation is 1. The van der Waals surface area contributed by atoms with Crippen molar-refractivity contribution in [2.45, 2.75) is 13.3 Å². The topological polar surface area (TPSA) is 57.4 Å². The molecule has 0 atom stereocenters. The number of nitrogens with zero attached hydrogens (tertiary/aromatic N) is 1. The van der Waals surface area contributed by atoms with Gasteiger partial charge in [0.15, 0.2) is 11.5 Å². The molecule has 0 spiro atoms. The summed E-state index contributed by atoms with van der Waals surface area (Å²) in [5, 5.41) is 0. The van der Waals surface area contributed by atoms with E-state index in [1.165, 1.54) is 5.56 Å². The highest BCUT2D eigenvalue weighted by Gasteiger charge is 2.06. The smallest absolute Gasteiger partial charge is 0.169 e. The number of hydrogen-bond donors (Lipinski definition) is 1. The number of hydrogen-bond acceptors (Lipinski definition) is 4. The molecule has 94 valence electrons. The standard InChI is InChI=1S/C14H16N2O2/c1-3-10-4-5-12(13(8-10)17-2)18-11-6-7-16-14(15)9-11/h4-9H,3H2,1-2H3,(H2,15,16). The van der Waals surface area contributed by atoms with Crippen molar-refractivity contribution in [3.8, 4) is 17.2 Å². The molecular formula is C14H16N2O2. The normalized spacial score (nSPS) is 10.1. The first-order valence-corrected chi connectivity index (χ1v) is 5.79. The Hall–Kier alpha value is -2.23. The molecular weight excluding hydrogens is 228 g/mol. The molecule has 0 fully saturated rings. The van der Waals surface area contributed by atoms with Gasteiger partial charge >= 0.3 is 0 Å². The Bertz CT molecular complexity index is 541. The Morgan fingerprint density at radius 1 is 1.17 bits per heavy atom. The second-order valence-electron chi connectivity index (χ2n) is 3.86. The number of rotatable bonds is 4. The summed E-state index contributed by atoms with van der Waals surface area (Å²) in [5.74, 6) is 2.45. The Morgan fingerprint density at radius 3 is 2.67 bits per heavy atom. The summed E-state index contributed by atoms with van der Waals surface area (Å²) in [6, 6.07) is 9.31. The maximum absolute atomic E-state index is 5.74. The summed E-state index contributed by atoms with van der Waals surface area (Å²) in [7, 11) is 1.63. The van der Waals surface area contributed by atoms with Gasteiger partial charge in [-0.3, -0.25) is 0 Å². The van der Waals surface area contributed by atoms with E-state index < -0.39 is 0 Å². The first-order valence-electron chi connectivity index (χ1n) is 5.79. The van der Waals surface area contributed by atoms with Crippen LogP contribution in [0.25, 0.3) is 0 Å². The predicted molar refractivity (Wildman–Crippen MR) is 71.1 cm³/mol. The zero-order valence-electron chi connectivity index (χ0n) is 10.5. The van der Waals surface area contributed by atoms with Gasteiger partial charge in [0, 0.05) is 12.3 Å². The molecule has 4 heteroatoms. The Kier molecular flexibility index (Phi) is 3.67. The maximum atomic E-state index is 5.74. The van der Waals surface area contributed by atoms with Gasteiger partial charge in [-0.05, 0) is 30.2 Å². The van der Waals surface area contributed by atoms with Gasteiger partial charge in [0.05, 0.1) is 7.11 Å². The highest BCUT2D eigenvalue weighted by molar-refractivity contribution is 5.46. The molecule has 0 amide bonds. The lowest BCUT2D eigenvalue weighted by Gasteiger charge is -2.11. The van der Waals surface area contributed by atoms with E-state index in [0.717, 1.165) is 6.42 Å². The van der Waals surface area contributed by atoms with Gasteiger partial charge in [-0.25, -0.2) is 4.98 Å². The van der Waals surface area contributed by atoms with Crippen LogP contribution in [-0.2, 0) is 6.42 Å². The average molecular weight is 244 g/mol. The van der Waals surface area contributed by atoms with Crippen molar-refractivity contribution >= 4 is 5.82 Å². The minimum absolute atomic E-state index is 0.427. The van der Waals surface area contributed by atoms with E-state index in [-0.39, 0.29) is 0 Å². The molecule has 0 aliphatic heterocycles. The third-order valence-electron chi connectivity index (χ3n) is 2.62. The molecule has 1 aromatic heterocycles. The van der Waals surface area contributed by atoms with Crippen LogP contribution in [0.4, 0.5) is 5.82 Å². The van der Waals surface area contributed by atoms with Gasteiger partial charge in [0.1, 0.15) is 11.6 Å². The van der Waals surface area contributed by atoms with Crippen molar-refractivity contribution < 1.29 is 9.47 Å². The predicted octanol–water partition coefficient (Wildman–Crippen LogP) is 3.03. The lowest BCUT2D eigenvalue weighted by Crippen LogP contribution is -1.94. The first-order chi connectivity index (χ1) is 8.72. The highest BCUT2D eigenvalue weighted by atomic mass is 16.5. The van der Waals surface area contributed by atoms with Gasteiger partial charge in [0.25, 0.3) is 0 Å². The second-order valence-corrected chi connectivity index (χ2v) is 3.86. The second kappa shape index (κ2) is 5.40. The quantitative estimate of drug-likeness (QED) is 0.898. The summed E-state index contributed by atoms with van der Waals surface area (Å²) < 4.78 is 11.1. The van der Waals surface area contributed by atoms with Crippen LogP contribution < -0.4 is 15.2 Å². The van der Waals surface area contributed by atoms with Crippen LogP contribution in [0, 0.1) is 0 Å². The zero-order chi connectivity index (χ0) is 13.0. The molecule has 0 bridgehead atoms. The average Bonchev–Trinajstić information content (AvgIpc) is 2.39. The fraction of sp³-hybridized carbons (Fsp3) is 0.214. The Labute approximate surface area is 106 Å². The third kappa shape index (κ3) is 2.71. The summed E-state index contributed by atoms with van der Waals surface area (Å²) in [6.07, 6.45) is 2.57. The van der Waals surface area contributed by atoms with E-state index in [0.29, 0.717) is 23.1 Å². The van der Waals surface area contributed by atoms with Crippen LogP contribution >= 0.6 is 0 Å². The van der Waals surface area contributed by atoms with E-state index in [1.54, 1.807) is 25.4 Å².